The summed E-state index contributed by atoms with van der Waals surface area (Å²) in [4.78, 5) is 19.0. The largest absolute Gasteiger partial charge is 0.328 e. The molecule has 3 aromatic rings. The molecular weight excluding hydrogens is 381 g/mol. The van der Waals surface area contributed by atoms with E-state index in [9.17, 15) is 9.18 Å². The lowest BCUT2D eigenvalue weighted by molar-refractivity contribution is 0.0704. The molecule has 1 atom stereocenters. The number of fused-ring (bicyclic) bond motifs is 1. The Morgan fingerprint density at radius 1 is 1.32 bits per heavy atom. The molecule has 0 radical (unpaired) electrons. The molecule has 1 aliphatic heterocycles. The van der Waals surface area contributed by atoms with Crippen molar-refractivity contribution >= 4 is 17.5 Å². The SMILES string of the molecule is Cn1ncc(Cl)c1-c1cnc2c(c1)CN(C(CN)Cc1cccc(F)c1)C2=O. The van der Waals surface area contributed by atoms with Crippen LogP contribution in [0.25, 0.3) is 11.3 Å². The van der Waals surface area contributed by atoms with Gasteiger partial charge in [0.2, 0.25) is 0 Å². The average Bonchev–Trinajstić information content (AvgIpc) is 3.18. The molecule has 1 amide bonds. The van der Waals surface area contributed by atoms with Gasteiger partial charge in [0.05, 0.1) is 16.9 Å². The third-order valence-corrected chi connectivity index (χ3v) is 5.29. The van der Waals surface area contributed by atoms with E-state index in [0.717, 1.165) is 22.4 Å². The predicted octanol–water partition coefficient (Wildman–Crippen LogP) is 2.80. The Balaban J connectivity index is 1.61. The third-order valence-electron chi connectivity index (χ3n) is 5.01. The van der Waals surface area contributed by atoms with Crippen LogP contribution in [0, 0.1) is 5.82 Å². The molecule has 1 aliphatic rings. The van der Waals surface area contributed by atoms with Crippen molar-refractivity contribution in [3.05, 3.63) is 70.4 Å². The van der Waals surface area contributed by atoms with Crippen LogP contribution in [0.5, 0.6) is 0 Å². The van der Waals surface area contributed by atoms with E-state index < -0.39 is 0 Å². The number of carbonyl (C=O) groups excluding carboxylic acids is 1. The Hall–Kier alpha value is -2.77. The van der Waals surface area contributed by atoms with Gasteiger partial charge in [0, 0.05) is 43.5 Å². The minimum Gasteiger partial charge on any atom is -0.328 e. The van der Waals surface area contributed by atoms with E-state index in [1.807, 2.05) is 12.1 Å². The molecule has 2 N–H and O–H groups in total. The minimum atomic E-state index is -0.302. The van der Waals surface area contributed by atoms with Crippen LogP contribution >= 0.6 is 11.6 Å². The Labute approximate surface area is 166 Å². The smallest absolute Gasteiger partial charge is 0.273 e. The van der Waals surface area contributed by atoms with E-state index in [1.54, 1.807) is 35.1 Å². The maximum Gasteiger partial charge on any atom is 0.273 e. The van der Waals surface area contributed by atoms with E-state index in [4.69, 9.17) is 17.3 Å². The number of benzene rings is 1. The second-order valence-electron chi connectivity index (χ2n) is 6.85. The van der Waals surface area contributed by atoms with Crippen LogP contribution in [-0.4, -0.2) is 38.2 Å². The number of carbonyl (C=O) groups is 1. The van der Waals surface area contributed by atoms with Gasteiger partial charge in [-0.3, -0.25) is 14.5 Å². The monoisotopic (exact) mass is 399 g/mol. The first kappa shape index (κ1) is 18.6. The van der Waals surface area contributed by atoms with Crippen LogP contribution in [-0.2, 0) is 20.0 Å². The molecule has 144 valence electrons. The number of aromatic nitrogens is 3. The molecule has 0 saturated carbocycles. The molecule has 0 spiro atoms. The Morgan fingerprint density at radius 2 is 2.14 bits per heavy atom. The minimum absolute atomic E-state index is 0.162. The van der Waals surface area contributed by atoms with E-state index >= 15 is 0 Å². The zero-order valence-corrected chi connectivity index (χ0v) is 16.0. The number of rotatable bonds is 5. The van der Waals surface area contributed by atoms with E-state index in [1.165, 1.54) is 12.1 Å². The maximum absolute atomic E-state index is 13.5. The van der Waals surface area contributed by atoms with Crippen molar-refractivity contribution in [3.8, 4) is 11.3 Å². The fourth-order valence-electron chi connectivity index (χ4n) is 3.63. The first-order valence-corrected chi connectivity index (χ1v) is 9.28. The van der Waals surface area contributed by atoms with Gasteiger partial charge in [0.15, 0.2) is 0 Å². The van der Waals surface area contributed by atoms with Gasteiger partial charge >= 0.3 is 0 Å². The van der Waals surface area contributed by atoms with Crippen LogP contribution in [0.3, 0.4) is 0 Å². The highest BCUT2D eigenvalue weighted by molar-refractivity contribution is 6.33. The second kappa shape index (κ2) is 7.33. The van der Waals surface area contributed by atoms with Crippen molar-refractivity contribution < 1.29 is 9.18 Å². The van der Waals surface area contributed by atoms with Gasteiger partial charge in [-0.2, -0.15) is 5.10 Å². The summed E-state index contributed by atoms with van der Waals surface area (Å²) in [5.41, 5.74) is 9.53. The summed E-state index contributed by atoms with van der Waals surface area (Å²) in [6.07, 6.45) is 3.69. The number of aryl methyl sites for hydroxylation is 1. The quantitative estimate of drug-likeness (QED) is 0.715. The number of pyridine rings is 1. The fourth-order valence-corrected chi connectivity index (χ4v) is 3.91. The molecule has 3 heterocycles. The predicted molar refractivity (Wildman–Crippen MR) is 104 cm³/mol. The third kappa shape index (κ3) is 3.27. The number of halogens is 2. The summed E-state index contributed by atoms with van der Waals surface area (Å²) in [6, 6.07) is 8.03. The highest BCUT2D eigenvalue weighted by Gasteiger charge is 2.34. The second-order valence-corrected chi connectivity index (χ2v) is 7.26. The standard InChI is InChI=1S/C20H19ClFN5O/c1-26-19(17(21)10-25-26)13-7-14-11-27(20(28)18(14)24-9-13)16(8-23)6-12-3-2-4-15(22)5-12/h2-5,7,9-10,16H,6,8,11,23H2,1H3. The molecule has 0 bridgehead atoms. The number of nitrogens with zero attached hydrogens (tertiary/aromatic N) is 4. The molecule has 0 aliphatic carbocycles. The Morgan fingerprint density at radius 3 is 2.82 bits per heavy atom. The first-order chi connectivity index (χ1) is 13.5. The summed E-state index contributed by atoms with van der Waals surface area (Å²) in [6.45, 7) is 0.679. The topological polar surface area (TPSA) is 77.0 Å². The molecule has 0 saturated heterocycles. The summed E-state index contributed by atoms with van der Waals surface area (Å²) in [5.74, 6) is -0.465. The normalized spacial score (nSPS) is 14.4. The summed E-state index contributed by atoms with van der Waals surface area (Å²) in [5, 5.41) is 4.67. The number of amides is 1. The Bertz CT molecular complexity index is 1030. The lowest BCUT2D eigenvalue weighted by Gasteiger charge is -2.26. The lowest BCUT2D eigenvalue weighted by Crippen LogP contribution is -2.42. The summed E-state index contributed by atoms with van der Waals surface area (Å²) >= 11 is 6.23. The van der Waals surface area contributed by atoms with Gasteiger partial charge in [-0.1, -0.05) is 23.7 Å². The van der Waals surface area contributed by atoms with Crippen LogP contribution in [0.1, 0.15) is 21.6 Å². The highest BCUT2D eigenvalue weighted by atomic mass is 35.5. The van der Waals surface area contributed by atoms with E-state index in [0.29, 0.717) is 23.7 Å². The molecule has 4 rings (SSSR count). The number of nitrogens with two attached hydrogens (primary N) is 1. The van der Waals surface area contributed by atoms with Gasteiger partial charge < -0.3 is 10.6 Å². The number of hydrogen-bond acceptors (Lipinski definition) is 4. The zero-order valence-electron chi connectivity index (χ0n) is 15.3. The van der Waals surface area contributed by atoms with Crippen molar-refractivity contribution in [1.29, 1.82) is 0 Å². The van der Waals surface area contributed by atoms with Crippen LogP contribution in [0.4, 0.5) is 4.39 Å². The molecule has 1 unspecified atom stereocenters. The first-order valence-electron chi connectivity index (χ1n) is 8.90. The summed E-state index contributed by atoms with van der Waals surface area (Å²) < 4.78 is 15.2. The summed E-state index contributed by atoms with van der Waals surface area (Å²) in [7, 11) is 1.80. The van der Waals surface area contributed by atoms with Crippen molar-refractivity contribution in [2.45, 2.75) is 19.0 Å². The molecule has 6 nitrogen and oxygen atoms in total. The molecular formula is C20H19ClFN5O. The lowest BCUT2D eigenvalue weighted by atomic mass is 10.0. The van der Waals surface area contributed by atoms with Crippen LogP contribution in [0.15, 0.2) is 42.7 Å². The maximum atomic E-state index is 13.5. The molecule has 2 aromatic heterocycles. The van der Waals surface area contributed by atoms with Crippen molar-refractivity contribution in [2.24, 2.45) is 12.8 Å². The van der Waals surface area contributed by atoms with Crippen molar-refractivity contribution in [2.75, 3.05) is 6.54 Å². The molecule has 28 heavy (non-hydrogen) atoms. The van der Waals surface area contributed by atoms with E-state index in [2.05, 4.69) is 10.1 Å². The number of hydrogen-bond donors (Lipinski definition) is 1. The van der Waals surface area contributed by atoms with Crippen molar-refractivity contribution in [3.63, 3.8) is 0 Å². The van der Waals surface area contributed by atoms with E-state index in [-0.39, 0.29) is 24.3 Å². The van der Waals surface area contributed by atoms with Gasteiger partial charge in [0.25, 0.3) is 5.91 Å². The van der Waals surface area contributed by atoms with Crippen LogP contribution < -0.4 is 5.73 Å². The Kier molecular flexibility index (Phi) is 4.87. The highest BCUT2D eigenvalue weighted by Crippen LogP contribution is 2.31. The van der Waals surface area contributed by atoms with Crippen molar-refractivity contribution in [1.82, 2.24) is 19.7 Å². The molecule has 1 aromatic carbocycles. The van der Waals surface area contributed by atoms with Gasteiger partial charge in [-0.15, -0.1) is 0 Å². The zero-order chi connectivity index (χ0) is 19.8. The van der Waals surface area contributed by atoms with Gasteiger partial charge in [-0.25, -0.2) is 4.39 Å². The van der Waals surface area contributed by atoms with Gasteiger partial charge in [0.1, 0.15) is 11.5 Å². The van der Waals surface area contributed by atoms with Gasteiger partial charge in [-0.05, 0) is 30.2 Å². The molecule has 8 heteroatoms. The van der Waals surface area contributed by atoms with Crippen LogP contribution in [0.2, 0.25) is 5.02 Å². The molecule has 0 fully saturated rings. The fraction of sp³-hybridized carbons (Fsp3) is 0.250. The average molecular weight is 400 g/mol.